The van der Waals surface area contributed by atoms with E-state index in [1.807, 2.05) is 6.92 Å². The Hall–Kier alpha value is -3.52. The van der Waals surface area contributed by atoms with Gasteiger partial charge in [0.15, 0.2) is 0 Å². The van der Waals surface area contributed by atoms with Crippen molar-refractivity contribution in [3.8, 4) is 0 Å². The van der Waals surface area contributed by atoms with E-state index in [0.717, 1.165) is 112 Å². The molecule has 2 spiro atoms. The summed E-state index contributed by atoms with van der Waals surface area (Å²) in [6.07, 6.45) is 54.7. The SMILES string of the molecule is C=C(C)CCO.CC(=O)OC(C)=O.CC(=O)OCCC(C)CC1=CCCC1.CC(=O)OCCC(C)CC1CCCC1.CC(CC=O)CC1CCCC1.CC(CCO)CC1CCCC1.CC1=CCOC2(CCCC2)C1.CC1CCOC2(CCCC2)C1.O=C1CCCC1. The number of Topliss-reactive ketones (excluding diaryl/α,β-unsaturated/α-hetero) is 1. The van der Waals surface area contributed by atoms with E-state index in [0.29, 0.717) is 49.0 Å². The quantitative estimate of drug-likeness (QED) is 0.0385. The smallest absolute Gasteiger partial charge is 0.310 e. The van der Waals surface area contributed by atoms with Gasteiger partial charge in [-0.2, -0.15) is 0 Å². The van der Waals surface area contributed by atoms with Crippen molar-refractivity contribution in [2.24, 2.45) is 47.3 Å². The number of aliphatic hydroxyl groups is 2. The van der Waals surface area contributed by atoms with Crippen molar-refractivity contribution in [1.82, 2.24) is 0 Å². The predicted molar refractivity (Wildman–Crippen MR) is 371 cm³/mol. The first kappa shape index (κ1) is 85.5. The Balaban J connectivity index is 0.000000518. The number of ketones is 1. The number of aliphatic hydroxyl groups excluding tert-OH is 2. The number of carbonyl (C=O) groups excluding carboxylic acids is 6. The lowest BCUT2D eigenvalue weighted by molar-refractivity contribution is -0.156. The average Bonchev–Trinajstić information content (AvgIpc) is 1.83. The van der Waals surface area contributed by atoms with Gasteiger partial charge in [0, 0.05) is 66.8 Å². The molecule has 13 heteroatoms. The van der Waals surface area contributed by atoms with Gasteiger partial charge in [0.2, 0.25) is 0 Å². The van der Waals surface area contributed by atoms with Crippen LogP contribution < -0.4 is 0 Å². The zero-order valence-corrected chi connectivity index (χ0v) is 60.3. The van der Waals surface area contributed by atoms with Gasteiger partial charge >= 0.3 is 23.9 Å². The maximum absolute atomic E-state index is 10.5. The summed E-state index contributed by atoms with van der Waals surface area (Å²) in [5, 5.41) is 16.9. The minimum absolute atomic E-state index is 0.155. The van der Waals surface area contributed by atoms with Crippen LogP contribution in [0.4, 0.5) is 0 Å². The fraction of sp³-hybridized carbons (Fsp3) is 0.846. The largest absolute Gasteiger partial charge is 0.466 e. The van der Waals surface area contributed by atoms with Crippen LogP contribution in [0, 0.1) is 47.3 Å². The zero-order chi connectivity index (χ0) is 67.7. The van der Waals surface area contributed by atoms with Gasteiger partial charge in [-0.25, -0.2) is 0 Å². The van der Waals surface area contributed by atoms with Crippen LogP contribution >= 0.6 is 0 Å². The lowest BCUT2D eigenvalue weighted by Gasteiger charge is -2.36. The van der Waals surface area contributed by atoms with E-state index in [9.17, 15) is 28.8 Å². The van der Waals surface area contributed by atoms with Crippen LogP contribution in [0.3, 0.4) is 0 Å². The summed E-state index contributed by atoms with van der Waals surface area (Å²) in [5.41, 5.74) is 4.78. The Morgan fingerprint density at radius 2 is 1.07 bits per heavy atom. The molecule has 2 aliphatic heterocycles. The van der Waals surface area contributed by atoms with Gasteiger partial charge in [-0.15, -0.1) is 6.58 Å². The molecule has 0 bridgehead atoms. The number of hydrogen-bond acceptors (Lipinski definition) is 13. The van der Waals surface area contributed by atoms with Crippen LogP contribution in [-0.2, 0) is 52.5 Å². The normalized spacial score (nSPS) is 21.6. The van der Waals surface area contributed by atoms with Crippen molar-refractivity contribution in [2.45, 2.75) is 338 Å². The molecule has 5 unspecified atom stereocenters. The number of aldehydes is 1. The van der Waals surface area contributed by atoms with Crippen LogP contribution in [0.2, 0.25) is 0 Å². The highest BCUT2D eigenvalue weighted by Gasteiger charge is 2.39. The Morgan fingerprint density at radius 1 is 0.593 bits per heavy atom. The molecule has 91 heavy (non-hydrogen) atoms. The molecule has 0 radical (unpaired) electrons. The van der Waals surface area contributed by atoms with E-state index >= 15 is 0 Å². The molecule has 0 amide bonds. The fourth-order valence-corrected chi connectivity index (χ4v) is 14.6. The number of carbonyl (C=O) groups is 6. The maximum atomic E-state index is 10.5. The fourth-order valence-electron chi connectivity index (χ4n) is 14.6. The van der Waals surface area contributed by atoms with E-state index in [1.165, 1.54) is 226 Å². The molecular formula is C78H138O13. The molecule has 7 fully saturated rings. The lowest BCUT2D eigenvalue weighted by atomic mass is 9.86. The highest BCUT2D eigenvalue weighted by Crippen LogP contribution is 2.42. The van der Waals surface area contributed by atoms with Crippen LogP contribution in [0.25, 0.3) is 0 Å². The molecule has 2 heterocycles. The van der Waals surface area contributed by atoms with Crippen molar-refractivity contribution in [2.75, 3.05) is 39.6 Å². The Labute approximate surface area is 556 Å². The number of allylic oxidation sites excluding steroid dienone is 2. The molecule has 9 aliphatic rings. The Bertz CT molecular complexity index is 1970. The summed E-state index contributed by atoms with van der Waals surface area (Å²) in [6, 6.07) is 0. The summed E-state index contributed by atoms with van der Waals surface area (Å²) < 4.78 is 25.5. The van der Waals surface area contributed by atoms with Crippen molar-refractivity contribution in [3.05, 3.63) is 35.5 Å². The van der Waals surface area contributed by atoms with Crippen molar-refractivity contribution >= 4 is 35.9 Å². The number of rotatable bonds is 20. The standard InChI is InChI=1S/C12H22O2.C12H20O2.C10H18O.C10H16O.C10H20O.C10H18O.C5H8O.C5H10O.C4H6O3/c2*1-10(7-8-14-11(2)13)9-12-5-3-4-6-12;2*1-9-4-7-11-10(8-9)5-2-3-6-10;2*1-9(6-7-11)8-10-4-2-3-5-10;6-5-3-1-2-4-5;1-5(2)3-4-6;1-3(5)7-4(2)6/h10,12H,3-9H2,1-2H3;5,10H,3-4,6-9H2,1-2H3;9H,2-8H2,1H3;4H,2-3,5-8H2,1H3;9-11H,2-8H2,1H3;7,9-10H,2-6,8H2,1H3;1-4H2;6H,1,3-4H2,2H3;1-2H3. The van der Waals surface area contributed by atoms with Gasteiger partial charge in [-0.1, -0.05) is 166 Å². The van der Waals surface area contributed by atoms with Crippen molar-refractivity contribution < 1.29 is 62.7 Å². The predicted octanol–water partition coefficient (Wildman–Crippen LogP) is 19.2. The molecular weight excluding hydrogens is 1140 g/mol. The second kappa shape index (κ2) is 52.7. The summed E-state index contributed by atoms with van der Waals surface area (Å²) >= 11 is 0. The van der Waals surface area contributed by atoms with Gasteiger partial charge in [0.05, 0.1) is 31.0 Å². The van der Waals surface area contributed by atoms with Crippen LogP contribution in [0.5, 0.6) is 0 Å². The topological polar surface area (TPSA) is 189 Å². The maximum Gasteiger partial charge on any atom is 0.310 e. The molecule has 2 N–H and O–H groups in total. The first-order valence-electron chi connectivity index (χ1n) is 36.8. The minimum Gasteiger partial charge on any atom is -0.466 e. The summed E-state index contributed by atoms with van der Waals surface area (Å²) in [5.74, 6) is 5.48. The third-order valence-electron chi connectivity index (χ3n) is 19.5. The summed E-state index contributed by atoms with van der Waals surface area (Å²) in [6.45, 7) is 28.0. The molecule has 528 valence electrons. The van der Waals surface area contributed by atoms with Gasteiger partial charge < -0.3 is 38.7 Å². The minimum atomic E-state index is -0.562. The van der Waals surface area contributed by atoms with E-state index in [-0.39, 0.29) is 24.1 Å². The first-order chi connectivity index (χ1) is 43.4. The molecule has 13 nitrogen and oxygen atoms in total. The molecule has 5 atom stereocenters. The highest BCUT2D eigenvalue weighted by atomic mass is 16.6. The third kappa shape index (κ3) is 47.1. The highest BCUT2D eigenvalue weighted by molar-refractivity contribution is 5.82. The summed E-state index contributed by atoms with van der Waals surface area (Å²) in [7, 11) is 0. The van der Waals surface area contributed by atoms with Gasteiger partial charge in [0.25, 0.3) is 0 Å². The number of ether oxygens (including phenoxy) is 5. The Morgan fingerprint density at radius 3 is 1.43 bits per heavy atom. The number of esters is 4. The molecule has 7 aliphatic carbocycles. The molecule has 0 aromatic rings. The van der Waals surface area contributed by atoms with Gasteiger partial charge in [-0.3, -0.25) is 24.0 Å². The first-order valence-corrected chi connectivity index (χ1v) is 36.8. The zero-order valence-electron chi connectivity index (χ0n) is 60.3. The summed E-state index contributed by atoms with van der Waals surface area (Å²) in [4.78, 5) is 61.1. The third-order valence-corrected chi connectivity index (χ3v) is 19.5. The van der Waals surface area contributed by atoms with Crippen LogP contribution in [0.1, 0.15) is 327 Å². The number of hydrogen-bond donors (Lipinski definition) is 2. The molecule has 9 rings (SSSR count). The second-order valence-electron chi connectivity index (χ2n) is 29.2. The van der Waals surface area contributed by atoms with E-state index in [4.69, 9.17) is 29.2 Å². The average molecular weight is 1280 g/mol. The Kier molecular flexibility index (Phi) is 49.5. The molecule has 0 aromatic carbocycles. The van der Waals surface area contributed by atoms with E-state index in [1.54, 1.807) is 5.57 Å². The van der Waals surface area contributed by atoms with Gasteiger partial charge in [-0.05, 0) is 190 Å². The monoisotopic (exact) mass is 1280 g/mol. The molecule has 1 saturated heterocycles. The van der Waals surface area contributed by atoms with Crippen LogP contribution in [0.15, 0.2) is 35.5 Å². The van der Waals surface area contributed by atoms with E-state index in [2.05, 4.69) is 65.0 Å². The van der Waals surface area contributed by atoms with Crippen molar-refractivity contribution in [3.63, 3.8) is 0 Å². The molecule has 6 saturated carbocycles. The lowest BCUT2D eigenvalue weighted by Crippen LogP contribution is -2.36. The van der Waals surface area contributed by atoms with Crippen LogP contribution in [-0.4, -0.2) is 97.0 Å². The van der Waals surface area contributed by atoms with Gasteiger partial charge in [0.1, 0.15) is 12.1 Å². The van der Waals surface area contributed by atoms with E-state index < -0.39 is 11.9 Å². The van der Waals surface area contributed by atoms with Crippen molar-refractivity contribution in [1.29, 1.82) is 0 Å². The second-order valence-corrected chi connectivity index (χ2v) is 29.2. The molecule has 0 aromatic heterocycles.